The van der Waals surface area contributed by atoms with Crippen molar-refractivity contribution in [3.8, 4) is 0 Å². The van der Waals surface area contributed by atoms with Crippen molar-refractivity contribution in [1.29, 1.82) is 0 Å². The normalized spacial score (nSPS) is 16.2. The number of hydrogen-bond acceptors (Lipinski definition) is 5. The third kappa shape index (κ3) is 4.37. The minimum atomic E-state index is 0.638. The molecular weight excluding hydrogens is 266 g/mol. The smallest absolute Gasteiger partial charge is 0.240 e. The molecule has 5 heteroatoms. The summed E-state index contributed by atoms with van der Waals surface area (Å²) in [5.41, 5.74) is 1.19. The Morgan fingerprint density at radius 3 is 2.76 bits per heavy atom. The summed E-state index contributed by atoms with van der Waals surface area (Å²) in [6, 6.07) is 10.2. The highest BCUT2D eigenvalue weighted by Gasteiger charge is 2.14. The average Bonchev–Trinajstić information content (AvgIpc) is 2.97. The van der Waals surface area contributed by atoms with Crippen LogP contribution in [0.2, 0.25) is 0 Å². The zero-order chi connectivity index (χ0) is 14.3. The van der Waals surface area contributed by atoms with Gasteiger partial charge in [-0.2, -0.15) is 4.98 Å². The summed E-state index contributed by atoms with van der Waals surface area (Å²) in [5, 5.41) is 7.43. The van der Waals surface area contributed by atoms with E-state index in [1.807, 2.05) is 18.2 Å². The quantitative estimate of drug-likeness (QED) is 0.882. The largest absolute Gasteiger partial charge is 0.381 e. The van der Waals surface area contributed by atoms with Crippen LogP contribution >= 0.6 is 0 Å². The first kappa shape index (κ1) is 14.2. The Balaban J connectivity index is 1.44. The molecule has 21 heavy (non-hydrogen) atoms. The van der Waals surface area contributed by atoms with E-state index in [1.54, 1.807) is 0 Å². The summed E-state index contributed by atoms with van der Waals surface area (Å²) in [5.74, 6) is 2.10. The lowest BCUT2D eigenvalue weighted by Crippen LogP contribution is -2.27. The van der Waals surface area contributed by atoms with E-state index in [4.69, 9.17) is 9.26 Å². The van der Waals surface area contributed by atoms with Gasteiger partial charge in [-0.25, -0.2) is 0 Å². The molecule has 0 unspecified atom stereocenters. The molecule has 0 aliphatic carbocycles. The molecule has 0 saturated carbocycles. The molecule has 1 aliphatic heterocycles. The van der Waals surface area contributed by atoms with Crippen molar-refractivity contribution in [2.24, 2.45) is 5.92 Å². The summed E-state index contributed by atoms with van der Waals surface area (Å²) < 4.78 is 10.6. The van der Waals surface area contributed by atoms with E-state index in [0.29, 0.717) is 24.8 Å². The average molecular weight is 287 g/mol. The standard InChI is InChI=1S/C16H21N3O2/c1-2-4-13(5-3-1)10-15-18-16(21-19-15)12-17-11-14-6-8-20-9-7-14/h1-5,14,17H,6-12H2. The first-order chi connectivity index (χ1) is 10.4. The first-order valence-corrected chi connectivity index (χ1v) is 7.54. The number of aromatic nitrogens is 2. The fourth-order valence-electron chi connectivity index (χ4n) is 2.55. The predicted octanol–water partition coefficient (Wildman–Crippen LogP) is 2.18. The van der Waals surface area contributed by atoms with Gasteiger partial charge >= 0.3 is 0 Å². The van der Waals surface area contributed by atoms with Gasteiger partial charge in [-0.3, -0.25) is 0 Å². The summed E-state index contributed by atoms with van der Waals surface area (Å²) >= 11 is 0. The van der Waals surface area contributed by atoms with Crippen LogP contribution in [0.15, 0.2) is 34.9 Å². The van der Waals surface area contributed by atoms with Gasteiger partial charge in [-0.05, 0) is 30.9 Å². The predicted molar refractivity (Wildman–Crippen MR) is 78.8 cm³/mol. The number of benzene rings is 1. The van der Waals surface area contributed by atoms with Gasteiger partial charge in [0.05, 0.1) is 6.54 Å². The van der Waals surface area contributed by atoms with Crippen LogP contribution in [-0.2, 0) is 17.7 Å². The molecule has 5 nitrogen and oxygen atoms in total. The second kappa shape index (κ2) is 7.33. The van der Waals surface area contributed by atoms with Crippen LogP contribution in [0, 0.1) is 5.92 Å². The molecule has 2 heterocycles. The number of nitrogens with one attached hydrogen (secondary N) is 1. The summed E-state index contributed by atoms with van der Waals surface area (Å²) in [4.78, 5) is 4.42. The molecule has 1 aromatic carbocycles. The van der Waals surface area contributed by atoms with Crippen LogP contribution in [0.5, 0.6) is 0 Å². The van der Waals surface area contributed by atoms with Crippen molar-refractivity contribution >= 4 is 0 Å². The zero-order valence-corrected chi connectivity index (χ0v) is 12.1. The molecule has 1 aromatic heterocycles. The third-order valence-electron chi connectivity index (χ3n) is 3.77. The van der Waals surface area contributed by atoms with E-state index < -0.39 is 0 Å². The van der Waals surface area contributed by atoms with Crippen molar-refractivity contribution < 1.29 is 9.26 Å². The van der Waals surface area contributed by atoms with Gasteiger partial charge in [0.2, 0.25) is 5.89 Å². The van der Waals surface area contributed by atoms with Gasteiger partial charge < -0.3 is 14.6 Å². The van der Waals surface area contributed by atoms with Gasteiger partial charge in [0.25, 0.3) is 0 Å². The Morgan fingerprint density at radius 1 is 1.14 bits per heavy atom. The lowest BCUT2D eigenvalue weighted by Gasteiger charge is -2.21. The highest BCUT2D eigenvalue weighted by molar-refractivity contribution is 5.18. The molecule has 2 aromatic rings. The van der Waals surface area contributed by atoms with Crippen molar-refractivity contribution in [1.82, 2.24) is 15.5 Å². The third-order valence-corrected chi connectivity index (χ3v) is 3.77. The lowest BCUT2D eigenvalue weighted by molar-refractivity contribution is 0.0660. The van der Waals surface area contributed by atoms with Crippen LogP contribution in [0.25, 0.3) is 0 Å². The van der Waals surface area contributed by atoms with E-state index >= 15 is 0 Å². The molecule has 1 N–H and O–H groups in total. The fourth-order valence-corrected chi connectivity index (χ4v) is 2.55. The molecule has 112 valence electrons. The van der Waals surface area contributed by atoms with Crippen LogP contribution in [0.1, 0.15) is 30.1 Å². The van der Waals surface area contributed by atoms with Crippen molar-refractivity contribution in [3.05, 3.63) is 47.6 Å². The summed E-state index contributed by atoms with van der Waals surface area (Å²) in [7, 11) is 0. The van der Waals surface area contributed by atoms with Gasteiger partial charge in [0.1, 0.15) is 0 Å². The Morgan fingerprint density at radius 2 is 1.95 bits per heavy atom. The second-order valence-electron chi connectivity index (χ2n) is 5.45. The van der Waals surface area contributed by atoms with Gasteiger partial charge in [0.15, 0.2) is 5.82 Å². The van der Waals surface area contributed by atoms with Crippen LogP contribution < -0.4 is 5.32 Å². The van der Waals surface area contributed by atoms with Gasteiger partial charge in [0, 0.05) is 19.6 Å². The molecule has 0 bridgehead atoms. The van der Waals surface area contributed by atoms with E-state index in [0.717, 1.165) is 38.4 Å². The number of ether oxygens (including phenoxy) is 1. The molecule has 1 aliphatic rings. The molecule has 1 saturated heterocycles. The molecule has 3 rings (SSSR count). The van der Waals surface area contributed by atoms with E-state index in [1.165, 1.54) is 5.56 Å². The number of nitrogens with zero attached hydrogens (tertiary/aromatic N) is 2. The van der Waals surface area contributed by atoms with Crippen molar-refractivity contribution in [2.75, 3.05) is 19.8 Å². The maximum absolute atomic E-state index is 5.36. The molecular formula is C16H21N3O2. The minimum absolute atomic E-state index is 0.638. The number of rotatable bonds is 6. The fraction of sp³-hybridized carbons (Fsp3) is 0.500. The maximum atomic E-state index is 5.36. The van der Waals surface area contributed by atoms with Gasteiger partial charge in [-0.15, -0.1) is 0 Å². The van der Waals surface area contributed by atoms with Crippen LogP contribution in [0.4, 0.5) is 0 Å². The Kier molecular flexibility index (Phi) is 4.97. The minimum Gasteiger partial charge on any atom is -0.381 e. The van der Waals surface area contributed by atoms with E-state index in [-0.39, 0.29) is 0 Å². The second-order valence-corrected chi connectivity index (χ2v) is 5.45. The Hall–Kier alpha value is -1.72. The van der Waals surface area contributed by atoms with Crippen molar-refractivity contribution in [2.45, 2.75) is 25.8 Å². The first-order valence-electron chi connectivity index (χ1n) is 7.54. The monoisotopic (exact) mass is 287 g/mol. The highest BCUT2D eigenvalue weighted by atomic mass is 16.5. The van der Waals surface area contributed by atoms with E-state index in [9.17, 15) is 0 Å². The molecule has 0 amide bonds. The highest BCUT2D eigenvalue weighted by Crippen LogP contribution is 2.13. The zero-order valence-electron chi connectivity index (χ0n) is 12.1. The summed E-state index contributed by atoms with van der Waals surface area (Å²) in [6.45, 7) is 3.39. The number of hydrogen-bond donors (Lipinski definition) is 1. The molecule has 0 spiro atoms. The topological polar surface area (TPSA) is 60.2 Å². The summed E-state index contributed by atoms with van der Waals surface area (Å²) in [6.07, 6.45) is 2.98. The molecule has 0 atom stereocenters. The van der Waals surface area contributed by atoms with Gasteiger partial charge in [-0.1, -0.05) is 35.5 Å². The molecule has 1 fully saturated rings. The Bertz CT molecular complexity index is 535. The SMILES string of the molecule is c1ccc(Cc2noc(CNCC3CCOCC3)n2)cc1. The van der Waals surface area contributed by atoms with E-state index in [2.05, 4.69) is 27.6 Å². The van der Waals surface area contributed by atoms with Crippen molar-refractivity contribution in [3.63, 3.8) is 0 Å². The Labute approximate surface area is 124 Å². The lowest BCUT2D eigenvalue weighted by atomic mass is 10.0. The maximum Gasteiger partial charge on any atom is 0.240 e. The van der Waals surface area contributed by atoms with Crippen LogP contribution in [-0.4, -0.2) is 29.9 Å². The molecule has 0 radical (unpaired) electrons. The van der Waals surface area contributed by atoms with Crippen LogP contribution in [0.3, 0.4) is 0 Å².